The molecule has 0 bridgehead atoms. The van der Waals surface area contributed by atoms with Crippen molar-refractivity contribution in [2.75, 3.05) is 6.54 Å². The molecule has 0 saturated heterocycles. The number of rotatable bonds is 6. The fourth-order valence-electron chi connectivity index (χ4n) is 4.75. The van der Waals surface area contributed by atoms with Gasteiger partial charge in [0.15, 0.2) is 0 Å². The Hall–Kier alpha value is -2.60. The minimum Gasteiger partial charge on any atom is -0.350 e. The Morgan fingerprint density at radius 3 is 2.50 bits per heavy atom. The number of amides is 3. The lowest BCUT2D eigenvalue weighted by Gasteiger charge is -2.58. The second-order valence-electron chi connectivity index (χ2n) is 8.71. The second-order valence-corrected chi connectivity index (χ2v) is 9.14. The molecule has 6 nitrogen and oxygen atoms in total. The number of carbonyl (C=O) groups is 2. The summed E-state index contributed by atoms with van der Waals surface area (Å²) in [5.74, 6) is 0.406. The average molecular weight is 427 g/mol. The number of hydrogen-bond acceptors (Lipinski definition) is 3. The zero-order chi connectivity index (χ0) is 21.1. The Kier molecular flexibility index (Phi) is 5.95. The van der Waals surface area contributed by atoms with Gasteiger partial charge in [0.25, 0.3) is 5.91 Å². The van der Waals surface area contributed by atoms with Gasteiger partial charge < -0.3 is 16.0 Å². The highest BCUT2D eigenvalue weighted by atomic mass is 35.5. The van der Waals surface area contributed by atoms with Crippen molar-refractivity contribution in [2.45, 2.75) is 45.2 Å². The minimum absolute atomic E-state index is 0.106. The summed E-state index contributed by atoms with van der Waals surface area (Å²) >= 11 is 5.87. The highest BCUT2D eigenvalue weighted by molar-refractivity contribution is 6.30. The first kappa shape index (κ1) is 20.7. The van der Waals surface area contributed by atoms with E-state index in [-0.39, 0.29) is 18.0 Å². The third-order valence-corrected chi connectivity index (χ3v) is 6.43. The molecule has 2 aliphatic carbocycles. The van der Waals surface area contributed by atoms with E-state index in [9.17, 15) is 9.59 Å². The summed E-state index contributed by atoms with van der Waals surface area (Å²) in [5, 5.41) is 9.65. The topological polar surface area (TPSA) is 83.1 Å². The van der Waals surface area contributed by atoms with Gasteiger partial charge in [-0.3, -0.25) is 4.79 Å². The van der Waals surface area contributed by atoms with E-state index in [1.165, 1.54) is 0 Å². The number of halogens is 1. The van der Waals surface area contributed by atoms with E-state index in [0.717, 1.165) is 36.9 Å². The van der Waals surface area contributed by atoms with Crippen molar-refractivity contribution in [3.8, 4) is 0 Å². The standard InChI is InChI=1S/C23H27ClN4O2/c1-15-3-2-4-20(27-15)21(29)25-14-17-9-23(10-17)11-19(12-23)28-22(30)26-13-16-5-7-18(24)8-6-16/h2-8,17,19H,9-14H2,1H3,(H,25,29)(H2,26,28,30). The number of carbonyl (C=O) groups excluding carboxylic acids is 2. The number of benzene rings is 1. The van der Waals surface area contributed by atoms with Gasteiger partial charge in [-0.25, -0.2) is 9.78 Å². The Morgan fingerprint density at radius 1 is 1.07 bits per heavy atom. The molecule has 30 heavy (non-hydrogen) atoms. The number of aryl methyl sites for hydroxylation is 1. The molecule has 1 aromatic carbocycles. The molecule has 0 aliphatic heterocycles. The summed E-state index contributed by atoms with van der Waals surface area (Å²) in [6, 6.07) is 13.0. The van der Waals surface area contributed by atoms with E-state index < -0.39 is 0 Å². The van der Waals surface area contributed by atoms with Crippen LogP contribution in [0.3, 0.4) is 0 Å². The largest absolute Gasteiger partial charge is 0.350 e. The SMILES string of the molecule is Cc1cccc(C(=O)NCC2CC3(C2)CC(NC(=O)NCc2ccc(Cl)cc2)C3)n1. The normalized spacial score (nSPS) is 24.5. The first-order valence-electron chi connectivity index (χ1n) is 10.4. The third-order valence-electron chi connectivity index (χ3n) is 6.18. The lowest BCUT2D eigenvalue weighted by Crippen LogP contribution is -2.58. The maximum atomic E-state index is 12.2. The molecule has 2 saturated carbocycles. The quantitative estimate of drug-likeness (QED) is 0.656. The summed E-state index contributed by atoms with van der Waals surface area (Å²) in [5.41, 5.74) is 2.69. The molecule has 1 aromatic heterocycles. The molecule has 4 rings (SSSR count). The summed E-state index contributed by atoms with van der Waals surface area (Å²) in [7, 11) is 0. The Bertz CT molecular complexity index is 917. The summed E-state index contributed by atoms with van der Waals surface area (Å²) < 4.78 is 0. The fourth-order valence-corrected chi connectivity index (χ4v) is 4.87. The molecular formula is C23H27ClN4O2. The molecule has 2 aliphatic rings. The van der Waals surface area contributed by atoms with Crippen molar-refractivity contribution < 1.29 is 9.59 Å². The third kappa shape index (κ3) is 4.93. The van der Waals surface area contributed by atoms with Gasteiger partial charge in [-0.1, -0.05) is 29.8 Å². The first-order chi connectivity index (χ1) is 14.4. The van der Waals surface area contributed by atoms with Gasteiger partial charge in [0.2, 0.25) is 0 Å². The van der Waals surface area contributed by atoms with Gasteiger partial charge in [-0.2, -0.15) is 0 Å². The number of urea groups is 1. The molecule has 0 atom stereocenters. The van der Waals surface area contributed by atoms with Crippen molar-refractivity contribution in [2.24, 2.45) is 11.3 Å². The maximum absolute atomic E-state index is 12.2. The Balaban J connectivity index is 1.11. The Morgan fingerprint density at radius 2 is 1.80 bits per heavy atom. The zero-order valence-corrected chi connectivity index (χ0v) is 17.8. The number of pyridine rings is 1. The van der Waals surface area contributed by atoms with E-state index in [2.05, 4.69) is 20.9 Å². The van der Waals surface area contributed by atoms with E-state index >= 15 is 0 Å². The van der Waals surface area contributed by atoms with E-state index in [1.54, 1.807) is 6.07 Å². The summed E-state index contributed by atoms with van der Waals surface area (Å²) in [4.78, 5) is 28.6. The zero-order valence-electron chi connectivity index (χ0n) is 17.1. The van der Waals surface area contributed by atoms with Gasteiger partial charge in [0.05, 0.1) is 0 Å². The molecule has 3 N–H and O–H groups in total. The highest BCUT2D eigenvalue weighted by Gasteiger charge is 2.52. The van der Waals surface area contributed by atoms with Crippen LogP contribution in [-0.4, -0.2) is 29.5 Å². The number of nitrogens with one attached hydrogen (secondary N) is 3. The molecule has 1 heterocycles. The van der Waals surface area contributed by atoms with E-state index in [0.29, 0.717) is 35.1 Å². The van der Waals surface area contributed by atoms with Crippen LogP contribution in [0.4, 0.5) is 4.79 Å². The lowest BCUT2D eigenvalue weighted by atomic mass is 9.50. The molecule has 0 radical (unpaired) electrons. The second kappa shape index (κ2) is 8.64. The van der Waals surface area contributed by atoms with Crippen molar-refractivity contribution in [3.05, 3.63) is 64.4 Å². The molecule has 2 fully saturated rings. The van der Waals surface area contributed by atoms with E-state index in [1.807, 2.05) is 43.3 Å². The van der Waals surface area contributed by atoms with Crippen molar-refractivity contribution in [1.82, 2.24) is 20.9 Å². The van der Waals surface area contributed by atoms with Crippen LogP contribution in [0.2, 0.25) is 5.02 Å². The molecule has 158 valence electrons. The molecule has 3 amide bonds. The van der Waals surface area contributed by atoms with Crippen LogP contribution in [-0.2, 0) is 6.54 Å². The van der Waals surface area contributed by atoms with Crippen LogP contribution >= 0.6 is 11.6 Å². The van der Waals surface area contributed by atoms with Gasteiger partial charge in [-0.05, 0) is 73.8 Å². The molecule has 7 heteroatoms. The molecule has 0 unspecified atom stereocenters. The maximum Gasteiger partial charge on any atom is 0.315 e. The number of hydrogen-bond donors (Lipinski definition) is 3. The lowest BCUT2D eigenvalue weighted by molar-refractivity contribution is -0.0444. The fraction of sp³-hybridized carbons (Fsp3) is 0.435. The summed E-state index contributed by atoms with van der Waals surface area (Å²) in [6.45, 7) is 3.06. The van der Waals surface area contributed by atoms with Crippen LogP contribution in [0.5, 0.6) is 0 Å². The highest BCUT2D eigenvalue weighted by Crippen LogP contribution is 2.58. The van der Waals surface area contributed by atoms with Crippen LogP contribution in [0.25, 0.3) is 0 Å². The number of nitrogens with zero attached hydrogens (tertiary/aromatic N) is 1. The van der Waals surface area contributed by atoms with Crippen molar-refractivity contribution >= 4 is 23.5 Å². The van der Waals surface area contributed by atoms with Gasteiger partial charge in [0, 0.05) is 29.8 Å². The molecular weight excluding hydrogens is 400 g/mol. The van der Waals surface area contributed by atoms with Crippen LogP contribution in [0.1, 0.15) is 47.4 Å². The molecule has 2 aromatic rings. The van der Waals surface area contributed by atoms with Crippen molar-refractivity contribution in [3.63, 3.8) is 0 Å². The Labute approximate surface area is 181 Å². The van der Waals surface area contributed by atoms with Crippen LogP contribution in [0, 0.1) is 18.3 Å². The predicted octanol–water partition coefficient (Wildman–Crippen LogP) is 3.83. The minimum atomic E-state index is -0.126. The predicted molar refractivity (Wildman–Crippen MR) is 116 cm³/mol. The average Bonchev–Trinajstić information content (AvgIpc) is 2.67. The van der Waals surface area contributed by atoms with Crippen molar-refractivity contribution in [1.29, 1.82) is 0 Å². The number of aromatic nitrogens is 1. The van der Waals surface area contributed by atoms with Crippen LogP contribution in [0.15, 0.2) is 42.5 Å². The first-order valence-corrected chi connectivity index (χ1v) is 10.8. The monoisotopic (exact) mass is 426 g/mol. The molecule has 1 spiro atoms. The van der Waals surface area contributed by atoms with Gasteiger partial charge in [-0.15, -0.1) is 0 Å². The van der Waals surface area contributed by atoms with E-state index in [4.69, 9.17) is 11.6 Å². The van der Waals surface area contributed by atoms with Crippen LogP contribution < -0.4 is 16.0 Å². The smallest absolute Gasteiger partial charge is 0.315 e. The summed E-state index contributed by atoms with van der Waals surface area (Å²) in [6.07, 6.45) is 4.26. The van der Waals surface area contributed by atoms with Gasteiger partial charge in [0.1, 0.15) is 5.69 Å². The van der Waals surface area contributed by atoms with Gasteiger partial charge >= 0.3 is 6.03 Å².